The summed E-state index contributed by atoms with van der Waals surface area (Å²) < 4.78 is 0. The predicted octanol–water partition coefficient (Wildman–Crippen LogP) is 4.99. The summed E-state index contributed by atoms with van der Waals surface area (Å²) in [5.41, 5.74) is 3.25. The van der Waals surface area contributed by atoms with Crippen LogP contribution in [0.25, 0.3) is 0 Å². The third-order valence-corrected chi connectivity index (χ3v) is 5.00. The Kier molecular flexibility index (Phi) is 4.37. The SMILES string of the molecule is CN(c1ccc(CBr)cc1)C1CCC(C)(C)CC1. The highest BCUT2D eigenvalue weighted by atomic mass is 79.9. The maximum absolute atomic E-state index is 3.49. The summed E-state index contributed by atoms with van der Waals surface area (Å²) in [4.78, 5) is 2.47. The molecule has 1 aliphatic carbocycles. The molecule has 0 heterocycles. The van der Waals surface area contributed by atoms with Crippen LogP contribution in [0.2, 0.25) is 0 Å². The van der Waals surface area contributed by atoms with E-state index in [-0.39, 0.29) is 0 Å². The number of hydrogen-bond acceptors (Lipinski definition) is 1. The van der Waals surface area contributed by atoms with E-state index in [9.17, 15) is 0 Å². The van der Waals surface area contributed by atoms with Crippen LogP contribution >= 0.6 is 15.9 Å². The summed E-state index contributed by atoms with van der Waals surface area (Å²) in [6, 6.07) is 9.64. The van der Waals surface area contributed by atoms with Gasteiger partial charge in [0.25, 0.3) is 0 Å². The molecule has 0 radical (unpaired) electrons. The average molecular weight is 310 g/mol. The first-order chi connectivity index (χ1) is 8.52. The lowest BCUT2D eigenvalue weighted by Crippen LogP contribution is -2.37. The first-order valence-corrected chi connectivity index (χ1v) is 8.02. The van der Waals surface area contributed by atoms with E-state index in [2.05, 4.69) is 66.0 Å². The Balaban J connectivity index is 2.00. The fraction of sp³-hybridized carbons (Fsp3) is 0.625. The summed E-state index contributed by atoms with van der Waals surface area (Å²) in [7, 11) is 2.24. The first-order valence-electron chi connectivity index (χ1n) is 6.89. The molecule has 1 aromatic rings. The molecule has 0 saturated heterocycles. The smallest absolute Gasteiger partial charge is 0.0366 e. The fourth-order valence-electron chi connectivity index (χ4n) is 2.80. The van der Waals surface area contributed by atoms with Gasteiger partial charge in [-0.3, -0.25) is 0 Å². The Labute approximate surface area is 120 Å². The summed E-state index contributed by atoms with van der Waals surface area (Å²) in [6.45, 7) is 4.79. The second-order valence-electron chi connectivity index (χ2n) is 6.31. The summed E-state index contributed by atoms with van der Waals surface area (Å²) in [5, 5.41) is 0.939. The lowest BCUT2D eigenvalue weighted by molar-refractivity contribution is 0.222. The van der Waals surface area contributed by atoms with E-state index in [4.69, 9.17) is 0 Å². The molecule has 1 nitrogen and oxygen atoms in total. The van der Waals surface area contributed by atoms with E-state index in [0.717, 1.165) is 5.33 Å². The maximum Gasteiger partial charge on any atom is 0.0366 e. The number of hydrogen-bond donors (Lipinski definition) is 0. The third kappa shape index (κ3) is 3.28. The number of nitrogens with zero attached hydrogens (tertiary/aromatic N) is 1. The van der Waals surface area contributed by atoms with Gasteiger partial charge in [0, 0.05) is 24.1 Å². The van der Waals surface area contributed by atoms with Crippen molar-refractivity contribution in [2.45, 2.75) is 50.9 Å². The second-order valence-corrected chi connectivity index (χ2v) is 6.87. The molecular weight excluding hydrogens is 286 g/mol. The van der Waals surface area contributed by atoms with E-state index in [1.807, 2.05) is 0 Å². The minimum absolute atomic E-state index is 0.553. The van der Waals surface area contributed by atoms with Crippen molar-refractivity contribution in [3.63, 3.8) is 0 Å². The van der Waals surface area contributed by atoms with Gasteiger partial charge in [0.1, 0.15) is 0 Å². The Morgan fingerprint density at radius 1 is 1.17 bits per heavy atom. The molecule has 18 heavy (non-hydrogen) atoms. The van der Waals surface area contributed by atoms with Gasteiger partial charge in [-0.05, 0) is 48.8 Å². The molecule has 2 rings (SSSR count). The van der Waals surface area contributed by atoms with Crippen LogP contribution in [0.1, 0.15) is 45.1 Å². The van der Waals surface area contributed by atoms with Gasteiger partial charge < -0.3 is 4.90 Å². The molecule has 1 fully saturated rings. The standard InChI is InChI=1S/C16H24BrN/c1-16(2)10-8-15(9-11-16)18(3)14-6-4-13(12-17)5-7-14/h4-7,15H,8-12H2,1-3H3. The highest BCUT2D eigenvalue weighted by Crippen LogP contribution is 2.37. The minimum atomic E-state index is 0.553. The summed E-state index contributed by atoms with van der Waals surface area (Å²) >= 11 is 3.49. The van der Waals surface area contributed by atoms with Crippen molar-refractivity contribution < 1.29 is 0 Å². The van der Waals surface area contributed by atoms with Crippen molar-refractivity contribution in [2.75, 3.05) is 11.9 Å². The van der Waals surface area contributed by atoms with Gasteiger partial charge in [-0.2, -0.15) is 0 Å². The van der Waals surface area contributed by atoms with Crippen LogP contribution in [0.4, 0.5) is 5.69 Å². The molecule has 100 valence electrons. The van der Waals surface area contributed by atoms with Gasteiger partial charge in [0.15, 0.2) is 0 Å². The summed E-state index contributed by atoms with van der Waals surface area (Å²) in [5.74, 6) is 0. The predicted molar refractivity (Wildman–Crippen MR) is 83.5 cm³/mol. The second kappa shape index (κ2) is 5.64. The van der Waals surface area contributed by atoms with Gasteiger partial charge in [-0.25, -0.2) is 0 Å². The van der Waals surface area contributed by atoms with Crippen LogP contribution in [-0.2, 0) is 5.33 Å². The molecule has 0 atom stereocenters. The zero-order chi connectivity index (χ0) is 13.2. The van der Waals surface area contributed by atoms with Gasteiger partial charge in [0.2, 0.25) is 0 Å². The summed E-state index contributed by atoms with van der Waals surface area (Å²) in [6.07, 6.45) is 5.34. The fourth-order valence-corrected chi connectivity index (χ4v) is 3.18. The van der Waals surface area contributed by atoms with Crippen molar-refractivity contribution in [3.8, 4) is 0 Å². The van der Waals surface area contributed by atoms with Crippen molar-refractivity contribution in [3.05, 3.63) is 29.8 Å². The van der Waals surface area contributed by atoms with E-state index in [1.165, 1.54) is 36.9 Å². The highest BCUT2D eigenvalue weighted by Gasteiger charge is 2.28. The molecule has 0 unspecified atom stereocenters. The Morgan fingerprint density at radius 3 is 2.22 bits per heavy atom. The number of halogens is 1. The van der Waals surface area contributed by atoms with Crippen LogP contribution in [0.15, 0.2) is 24.3 Å². The number of alkyl halides is 1. The van der Waals surface area contributed by atoms with Gasteiger partial charge >= 0.3 is 0 Å². The van der Waals surface area contributed by atoms with Crippen LogP contribution in [-0.4, -0.2) is 13.1 Å². The molecule has 1 aliphatic rings. The third-order valence-electron chi connectivity index (χ3n) is 4.35. The monoisotopic (exact) mass is 309 g/mol. The largest absolute Gasteiger partial charge is 0.372 e. The van der Waals surface area contributed by atoms with Crippen molar-refractivity contribution in [2.24, 2.45) is 5.41 Å². The zero-order valence-electron chi connectivity index (χ0n) is 11.7. The van der Waals surface area contributed by atoms with Gasteiger partial charge in [-0.1, -0.05) is 41.9 Å². The molecule has 0 spiro atoms. The molecule has 2 heteroatoms. The van der Waals surface area contributed by atoms with E-state index < -0.39 is 0 Å². The zero-order valence-corrected chi connectivity index (χ0v) is 13.3. The van der Waals surface area contributed by atoms with Crippen molar-refractivity contribution in [1.82, 2.24) is 0 Å². The van der Waals surface area contributed by atoms with Crippen LogP contribution in [0.3, 0.4) is 0 Å². The van der Waals surface area contributed by atoms with Gasteiger partial charge in [0.05, 0.1) is 0 Å². The van der Waals surface area contributed by atoms with E-state index >= 15 is 0 Å². The molecule has 1 aromatic carbocycles. The molecule has 0 aliphatic heterocycles. The van der Waals surface area contributed by atoms with Crippen LogP contribution < -0.4 is 4.90 Å². The van der Waals surface area contributed by atoms with Crippen molar-refractivity contribution >= 4 is 21.6 Å². The molecule has 0 amide bonds. The molecule has 0 bridgehead atoms. The quantitative estimate of drug-likeness (QED) is 0.711. The Bertz CT molecular complexity index is 373. The van der Waals surface area contributed by atoms with Crippen molar-refractivity contribution in [1.29, 1.82) is 0 Å². The van der Waals surface area contributed by atoms with Crippen LogP contribution in [0, 0.1) is 5.41 Å². The lowest BCUT2D eigenvalue weighted by Gasteiger charge is -2.39. The molecule has 1 saturated carbocycles. The topological polar surface area (TPSA) is 3.24 Å². The van der Waals surface area contributed by atoms with E-state index in [0.29, 0.717) is 11.5 Å². The molecule has 0 N–H and O–H groups in total. The Morgan fingerprint density at radius 2 is 1.72 bits per heavy atom. The van der Waals surface area contributed by atoms with Gasteiger partial charge in [-0.15, -0.1) is 0 Å². The number of benzene rings is 1. The lowest BCUT2D eigenvalue weighted by atomic mass is 9.75. The molecular formula is C16H24BrN. The number of anilines is 1. The minimum Gasteiger partial charge on any atom is -0.372 e. The molecule has 0 aromatic heterocycles. The van der Waals surface area contributed by atoms with Crippen LogP contribution in [0.5, 0.6) is 0 Å². The Hall–Kier alpha value is -0.500. The van der Waals surface area contributed by atoms with E-state index in [1.54, 1.807) is 0 Å². The number of rotatable bonds is 3. The highest BCUT2D eigenvalue weighted by molar-refractivity contribution is 9.08. The maximum atomic E-state index is 3.49. The normalized spacial score (nSPS) is 19.8. The first kappa shape index (κ1) is 13.9. The average Bonchev–Trinajstić information content (AvgIpc) is 2.38.